The SMILES string of the molecule is COc1cc2c(cc1C(F)(F)F)CCN(C(=O)C(F)(F)F)CC2c1ccccc1. The number of alkyl halides is 6. The zero-order chi connectivity index (χ0) is 21.4. The van der Waals surface area contributed by atoms with Gasteiger partial charge < -0.3 is 9.64 Å². The van der Waals surface area contributed by atoms with Gasteiger partial charge in [-0.2, -0.15) is 26.3 Å². The molecular formula is C20H17F6NO2. The first-order chi connectivity index (χ1) is 13.5. The molecule has 0 saturated heterocycles. The molecule has 0 N–H and O–H groups in total. The van der Waals surface area contributed by atoms with E-state index >= 15 is 0 Å². The van der Waals surface area contributed by atoms with Gasteiger partial charge in [0.25, 0.3) is 0 Å². The highest BCUT2D eigenvalue weighted by Gasteiger charge is 2.44. The van der Waals surface area contributed by atoms with Crippen molar-refractivity contribution in [1.82, 2.24) is 4.90 Å². The van der Waals surface area contributed by atoms with E-state index < -0.39 is 35.5 Å². The summed E-state index contributed by atoms with van der Waals surface area (Å²) in [7, 11) is 1.10. The van der Waals surface area contributed by atoms with Crippen LogP contribution in [-0.4, -0.2) is 37.2 Å². The lowest BCUT2D eigenvalue weighted by atomic mass is 9.86. The number of hydrogen-bond acceptors (Lipinski definition) is 2. The van der Waals surface area contributed by atoms with Gasteiger partial charge in [-0.1, -0.05) is 30.3 Å². The standard InChI is InChI=1S/C20H17F6NO2/c1-29-17-10-14-13(9-16(17)19(21,22)23)7-8-27(18(28)20(24,25)26)11-15(14)12-5-3-2-4-6-12/h2-6,9-10,15H,7-8,11H2,1H3. The minimum atomic E-state index is -5.06. The molecule has 1 aliphatic heterocycles. The van der Waals surface area contributed by atoms with Crippen molar-refractivity contribution in [2.75, 3.05) is 20.2 Å². The minimum Gasteiger partial charge on any atom is -0.496 e. The fraction of sp³-hybridized carbons (Fsp3) is 0.350. The van der Waals surface area contributed by atoms with Crippen LogP contribution in [0.5, 0.6) is 5.75 Å². The molecule has 0 aliphatic carbocycles. The fourth-order valence-corrected chi connectivity index (χ4v) is 3.57. The molecule has 0 radical (unpaired) electrons. The van der Waals surface area contributed by atoms with E-state index in [1.54, 1.807) is 30.3 Å². The Morgan fingerprint density at radius 1 is 1.07 bits per heavy atom. The Hall–Kier alpha value is -2.71. The summed E-state index contributed by atoms with van der Waals surface area (Å²) in [6, 6.07) is 10.5. The van der Waals surface area contributed by atoms with Crippen molar-refractivity contribution >= 4 is 5.91 Å². The second-order valence-corrected chi connectivity index (χ2v) is 6.71. The van der Waals surface area contributed by atoms with Crippen LogP contribution in [0.4, 0.5) is 26.3 Å². The number of benzene rings is 2. The lowest BCUT2D eigenvalue weighted by molar-refractivity contribution is -0.185. The van der Waals surface area contributed by atoms with Crippen LogP contribution >= 0.6 is 0 Å². The maximum atomic E-state index is 13.4. The van der Waals surface area contributed by atoms with Crippen molar-refractivity contribution in [1.29, 1.82) is 0 Å². The van der Waals surface area contributed by atoms with Crippen LogP contribution in [0.1, 0.15) is 28.2 Å². The number of carbonyl (C=O) groups excluding carboxylic acids is 1. The number of methoxy groups -OCH3 is 1. The maximum Gasteiger partial charge on any atom is 0.471 e. The van der Waals surface area contributed by atoms with Gasteiger partial charge in [0.15, 0.2) is 0 Å². The monoisotopic (exact) mass is 417 g/mol. The molecular weight excluding hydrogens is 400 g/mol. The van der Waals surface area contributed by atoms with Crippen molar-refractivity contribution in [2.45, 2.75) is 24.7 Å². The largest absolute Gasteiger partial charge is 0.496 e. The molecule has 3 rings (SSSR count). The number of rotatable bonds is 2. The van der Waals surface area contributed by atoms with Crippen molar-refractivity contribution < 1.29 is 35.9 Å². The predicted octanol–water partition coefficient (Wildman–Crippen LogP) is 4.79. The fourth-order valence-electron chi connectivity index (χ4n) is 3.57. The summed E-state index contributed by atoms with van der Waals surface area (Å²) < 4.78 is 84.1. The number of ether oxygens (including phenoxy) is 1. The third kappa shape index (κ3) is 4.33. The van der Waals surface area contributed by atoms with Crippen LogP contribution in [0.3, 0.4) is 0 Å². The molecule has 1 atom stereocenters. The van der Waals surface area contributed by atoms with Gasteiger partial charge in [0.1, 0.15) is 5.75 Å². The van der Waals surface area contributed by atoms with E-state index in [9.17, 15) is 31.1 Å². The van der Waals surface area contributed by atoms with Crippen LogP contribution in [0, 0.1) is 0 Å². The molecule has 2 aromatic rings. The lowest BCUT2D eigenvalue weighted by Gasteiger charge is -2.26. The van der Waals surface area contributed by atoms with E-state index in [1.807, 2.05) is 0 Å². The van der Waals surface area contributed by atoms with E-state index in [2.05, 4.69) is 0 Å². The number of hydrogen-bond donors (Lipinski definition) is 0. The van der Waals surface area contributed by atoms with Gasteiger partial charge in [-0.15, -0.1) is 0 Å². The van der Waals surface area contributed by atoms with Gasteiger partial charge in [0.05, 0.1) is 12.7 Å². The Labute approximate surface area is 162 Å². The highest BCUT2D eigenvalue weighted by molar-refractivity contribution is 5.82. The smallest absolute Gasteiger partial charge is 0.471 e. The van der Waals surface area contributed by atoms with Gasteiger partial charge in [-0.3, -0.25) is 4.79 Å². The highest BCUT2D eigenvalue weighted by atomic mass is 19.4. The molecule has 1 unspecified atom stereocenters. The quantitative estimate of drug-likeness (QED) is 0.658. The average Bonchev–Trinajstić information content (AvgIpc) is 2.85. The zero-order valence-electron chi connectivity index (χ0n) is 15.3. The third-order valence-electron chi connectivity index (χ3n) is 4.93. The number of fused-ring (bicyclic) bond motifs is 1. The van der Waals surface area contributed by atoms with E-state index in [0.717, 1.165) is 13.2 Å². The topological polar surface area (TPSA) is 29.5 Å². The van der Waals surface area contributed by atoms with Crippen molar-refractivity contribution in [3.63, 3.8) is 0 Å². The summed E-state index contributed by atoms with van der Waals surface area (Å²) >= 11 is 0. The molecule has 9 heteroatoms. The first-order valence-electron chi connectivity index (χ1n) is 8.71. The first-order valence-corrected chi connectivity index (χ1v) is 8.71. The Morgan fingerprint density at radius 2 is 1.72 bits per heavy atom. The zero-order valence-corrected chi connectivity index (χ0v) is 15.3. The summed E-state index contributed by atoms with van der Waals surface area (Å²) in [5.41, 5.74) is 0.251. The second-order valence-electron chi connectivity index (χ2n) is 6.71. The Balaban J connectivity index is 2.15. The van der Waals surface area contributed by atoms with Gasteiger partial charge in [-0.25, -0.2) is 0 Å². The predicted molar refractivity (Wildman–Crippen MR) is 92.6 cm³/mol. The number of halogens is 6. The Bertz CT molecular complexity index is 892. The van der Waals surface area contributed by atoms with Gasteiger partial charge in [-0.05, 0) is 35.2 Å². The van der Waals surface area contributed by atoms with Crippen LogP contribution < -0.4 is 4.74 Å². The number of carbonyl (C=O) groups is 1. The second kappa shape index (κ2) is 7.61. The summed E-state index contributed by atoms with van der Waals surface area (Å²) in [6.45, 7) is -0.637. The van der Waals surface area contributed by atoms with Crippen LogP contribution in [0.25, 0.3) is 0 Å². The van der Waals surface area contributed by atoms with Gasteiger partial charge in [0.2, 0.25) is 0 Å². The van der Waals surface area contributed by atoms with E-state index in [1.165, 1.54) is 6.07 Å². The molecule has 2 aromatic carbocycles. The van der Waals surface area contributed by atoms with E-state index in [4.69, 9.17) is 4.74 Å². The lowest BCUT2D eigenvalue weighted by Crippen LogP contribution is -2.43. The maximum absolute atomic E-state index is 13.4. The van der Waals surface area contributed by atoms with Gasteiger partial charge in [0, 0.05) is 19.0 Å². The summed E-state index contributed by atoms with van der Waals surface area (Å²) in [6.07, 6.45) is -9.88. The Morgan fingerprint density at radius 3 is 2.28 bits per heavy atom. The number of nitrogens with zero attached hydrogens (tertiary/aromatic N) is 1. The molecule has 29 heavy (non-hydrogen) atoms. The molecule has 1 aliphatic rings. The summed E-state index contributed by atoms with van der Waals surface area (Å²) in [5.74, 6) is -3.14. The molecule has 3 nitrogen and oxygen atoms in total. The van der Waals surface area contributed by atoms with Crippen molar-refractivity contribution in [2.24, 2.45) is 0 Å². The molecule has 156 valence electrons. The molecule has 1 heterocycles. The van der Waals surface area contributed by atoms with E-state index in [-0.39, 0.29) is 25.1 Å². The Kier molecular flexibility index (Phi) is 5.51. The molecule has 0 saturated carbocycles. The first kappa shape index (κ1) is 21.0. The minimum absolute atomic E-state index is 0.131. The molecule has 0 fully saturated rings. The number of amides is 1. The highest BCUT2D eigenvalue weighted by Crippen LogP contribution is 2.42. The van der Waals surface area contributed by atoms with Crippen LogP contribution in [0.2, 0.25) is 0 Å². The molecule has 0 bridgehead atoms. The summed E-state index contributed by atoms with van der Waals surface area (Å²) in [5, 5.41) is 0. The summed E-state index contributed by atoms with van der Waals surface area (Å²) in [4.78, 5) is 12.5. The van der Waals surface area contributed by atoms with E-state index in [0.29, 0.717) is 16.0 Å². The average molecular weight is 417 g/mol. The molecule has 0 aromatic heterocycles. The van der Waals surface area contributed by atoms with Crippen molar-refractivity contribution in [3.8, 4) is 5.75 Å². The van der Waals surface area contributed by atoms with Crippen LogP contribution in [0.15, 0.2) is 42.5 Å². The molecule has 1 amide bonds. The third-order valence-corrected chi connectivity index (χ3v) is 4.93. The van der Waals surface area contributed by atoms with Crippen LogP contribution in [-0.2, 0) is 17.4 Å². The van der Waals surface area contributed by atoms with Crippen molar-refractivity contribution in [3.05, 3.63) is 64.7 Å². The normalized spacial score (nSPS) is 17.5. The van der Waals surface area contributed by atoms with Gasteiger partial charge >= 0.3 is 18.3 Å². The molecule has 0 spiro atoms.